The molecule has 0 unspecified atom stereocenters. The Balaban J connectivity index is 2.57. The van der Waals surface area contributed by atoms with Crippen LogP contribution < -0.4 is 0 Å². The maximum atomic E-state index is 4.42. The van der Waals surface area contributed by atoms with E-state index in [0.29, 0.717) is 0 Å². The maximum Gasteiger partial charge on any atom is 0.0664 e. The van der Waals surface area contributed by atoms with Gasteiger partial charge in [0.2, 0.25) is 0 Å². The van der Waals surface area contributed by atoms with Crippen LogP contribution in [0.3, 0.4) is 0 Å². The summed E-state index contributed by atoms with van der Waals surface area (Å²) in [7, 11) is 0. The monoisotopic (exact) mass is 173 g/mol. The first kappa shape index (κ1) is 6.38. The molecule has 58 valence electrons. The van der Waals surface area contributed by atoms with Gasteiger partial charge in [0.1, 0.15) is 0 Å². The Morgan fingerprint density at radius 1 is 1.33 bits per heavy atom. The number of aromatic nitrogens is 1. The SMILES string of the molecule is C1=Cc2cccc3snc(c23)C1. The molecule has 1 nitrogen and oxygen atoms in total. The Morgan fingerprint density at radius 2 is 2.33 bits per heavy atom. The molecule has 0 saturated carbocycles. The van der Waals surface area contributed by atoms with E-state index in [1.807, 2.05) is 0 Å². The molecule has 1 aliphatic carbocycles. The lowest BCUT2D eigenvalue weighted by molar-refractivity contribution is 1.21. The average Bonchev–Trinajstić information content (AvgIpc) is 2.52. The summed E-state index contributed by atoms with van der Waals surface area (Å²) in [6.45, 7) is 0. The fourth-order valence-corrected chi connectivity index (χ4v) is 2.50. The highest BCUT2D eigenvalue weighted by Crippen LogP contribution is 2.30. The number of nitrogens with zero attached hydrogens (tertiary/aromatic N) is 1. The smallest absolute Gasteiger partial charge is 0.0664 e. The molecule has 2 aromatic rings. The first-order chi connectivity index (χ1) is 5.95. The summed E-state index contributed by atoms with van der Waals surface area (Å²) in [5, 5.41) is 1.37. The van der Waals surface area contributed by atoms with Gasteiger partial charge < -0.3 is 0 Å². The molecule has 12 heavy (non-hydrogen) atoms. The van der Waals surface area contributed by atoms with Gasteiger partial charge in [0, 0.05) is 11.8 Å². The second kappa shape index (κ2) is 2.17. The molecule has 0 radical (unpaired) electrons. The summed E-state index contributed by atoms with van der Waals surface area (Å²) < 4.78 is 5.73. The molecule has 0 bridgehead atoms. The number of benzene rings is 1. The molecule has 1 heterocycles. The predicted octanol–water partition coefficient (Wildman–Crippen LogP) is 2.87. The summed E-state index contributed by atoms with van der Waals surface area (Å²) in [4.78, 5) is 0. The lowest BCUT2D eigenvalue weighted by Crippen LogP contribution is -1.88. The van der Waals surface area contributed by atoms with Crippen molar-refractivity contribution in [3.05, 3.63) is 35.5 Å². The van der Waals surface area contributed by atoms with E-state index < -0.39 is 0 Å². The minimum absolute atomic E-state index is 0.997. The molecule has 2 heteroatoms. The highest BCUT2D eigenvalue weighted by Gasteiger charge is 2.10. The van der Waals surface area contributed by atoms with Gasteiger partial charge in [-0.15, -0.1) is 0 Å². The third-order valence-corrected chi connectivity index (χ3v) is 3.06. The molecule has 0 fully saturated rings. The van der Waals surface area contributed by atoms with E-state index in [4.69, 9.17) is 0 Å². The van der Waals surface area contributed by atoms with Crippen LogP contribution in [-0.2, 0) is 6.42 Å². The normalized spacial score (nSPS) is 14.0. The van der Waals surface area contributed by atoms with Crippen molar-refractivity contribution in [2.75, 3.05) is 0 Å². The zero-order chi connectivity index (χ0) is 7.97. The van der Waals surface area contributed by atoms with Crippen LogP contribution in [0.2, 0.25) is 0 Å². The van der Waals surface area contributed by atoms with Gasteiger partial charge in [-0.05, 0) is 23.2 Å². The fourth-order valence-electron chi connectivity index (χ4n) is 1.66. The zero-order valence-electron chi connectivity index (χ0n) is 6.45. The lowest BCUT2D eigenvalue weighted by atomic mass is 10.0. The number of rotatable bonds is 0. The summed E-state index contributed by atoms with van der Waals surface area (Å²) in [6.07, 6.45) is 5.36. The molecule has 1 aromatic heterocycles. The second-order valence-corrected chi connectivity index (χ2v) is 3.76. The van der Waals surface area contributed by atoms with Crippen LogP contribution in [0.4, 0.5) is 0 Å². The summed E-state index contributed by atoms with van der Waals surface area (Å²) in [5.74, 6) is 0. The molecular formula is C10H7NS. The van der Waals surface area contributed by atoms with Gasteiger partial charge in [0.25, 0.3) is 0 Å². The van der Waals surface area contributed by atoms with Crippen molar-refractivity contribution in [2.45, 2.75) is 6.42 Å². The largest absolute Gasteiger partial charge is 0.196 e. The van der Waals surface area contributed by atoms with Crippen molar-refractivity contribution in [1.82, 2.24) is 4.37 Å². The van der Waals surface area contributed by atoms with Crippen molar-refractivity contribution in [3.63, 3.8) is 0 Å². The summed E-state index contributed by atoms with van der Waals surface area (Å²) in [6, 6.07) is 6.38. The highest BCUT2D eigenvalue weighted by molar-refractivity contribution is 7.13. The Bertz CT molecular complexity index is 468. The predicted molar refractivity (Wildman–Crippen MR) is 52.4 cm³/mol. The molecule has 0 spiro atoms. The molecule has 0 N–H and O–H groups in total. The second-order valence-electron chi connectivity index (χ2n) is 2.96. The van der Waals surface area contributed by atoms with Crippen molar-refractivity contribution in [2.24, 2.45) is 0 Å². The molecule has 1 aromatic carbocycles. The van der Waals surface area contributed by atoms with E-state index >= 15 is 0 Å². The van der Waals surface area contributed by atoms with E-state index in [0.717, 1.165) is 6.42 Å². The Hall–Kier alpha value is -1.15. The van der Waals surface area contributed by atoms with Gasteiger partial charge in [-0.3, -0.25) is 0 Å². The third-order valence-electron chi connectivity index (χ3n) is 2.21. The molecule has 1 aliphatic rings. The van der Waals surface area contributed by atoms with Crippen LogP contribution in [0.25, 0.3) is 16.2 Å². The molecule has 0 aliphatic heterocycles. The summed E-state index contributed by atoms with van der Waals surface area (Å²) >= 11 is 1.60. The van der Waals surface area contributed by atoms with Crippen molar-refractivity contribution >= 4 is 27.7 Å². The molecule has 0 atom stereocenters. The van der Waals surface area contributed by atoms with Crippen LogP contribution in [0, 0.1) is 0 Å². The van der Waals surface area contributed by atoms with Crippen LogP contribution in [0.1, 0.15) is 11.3 Å². The number of hydrogen-bond donors (Lipinski definition) is 0. The minimum Gasteiger partial charge on any atom is -0.196 e. The quantitative estimate of drug-likeness (QED) is 0.597. The maximum absolute atomic E-state index is 4.42. The highest BCUT2D eigenvalue weighted by atomic mass is 32.1. The first-order valence-electron chi connectivity index (χ1n) is 3.99. The molecular weight excluding hydrogens is 166 g/mol. The molecule has 0 saturated heterocycles. The first-order valence-corrected chi connectivity index (χ1v) is 4.76. The van der Waals surface area contributed by atoms with Gasteiger partial charge in [-0.1, -0.05) is 24.3 Å². The molecule has 3 rings (SSSR count). The van der Waals surface area contributed by atoms with E-state index in [1.54, 1.807) is 11.5 Å². The van der Waals surface area contributed by atoms with E-state index in [-0.39, 0.29) is 0 Å². The fraction of sp³-hybridized carbons (Fsp3) is 0.100. The average molecular weight is 173 g/mol. The van der Waals surface area contributed by atoms with Crippen LogP contribution in [0.15, 0.2) is 24.3 Å². The van der Waals surface area contributed by atoms with Gasteiger partial charge >= 0.3 is 0 Å². The number of allylic oxidation sites excluding steroid dienone is 1. The van der Waals surface area contributed by atoms with E-state index in [9.17, 15) is 0 Å². The van der Waals surface area contributed by atoms with Crippen LogP contribution in [0.5, 0.6) is 0 Å². The topological polar surface area (TPSA) is 12.9 Å². The van der Waals surface area contributed by atoms with Gasteiger partial charge in [0.05, 0.1) is 10.4 Å². The third kappa shape index (κ3) is 0.703. The Kier molecular flexibility index (Phi) is 1.15. The summed E-state index contributed by atoms with van der Waals surface area (Å²) in [5.41, 5.74) is 2.57. The van der Waals surface area contributed by atoms with Crippen molar-refractivity contribution in [1.29, 1.82) is 0 Å². The van der Waals surface area contributed by atoms with Crippen LogP contribution >= 0.6 is 11.5 Å². The number of hydrogen-bond acceptors (Lipinski definition) is 2. The van der Waals surface area contributed by atoms with Crippen LogP contribution in [-0.4, -0.2) is 4.37 Å². The van der Waals surface area contributed by atoms with Crippen molar-refractivity contribution < 1.29 is 0 Å². The van der Waals surface area contributed by atoms with Gasteiger partial charge in [0.15, 0.2) is 0 Å². The van der Waals surface area contributed by atoms with E-state index in [1.165, 1.54) is 21.3 Å². The minimum atomic E-state index is 0.997. The van der Waals surface area contributed by atoms with E-state index in [2.05, 4.69) is 34.7 Å². The van der Waals surface area contributed by atoms with Gasteiger partial charge in [-0.2, -0.15) is 4.37 Å². The Morgan fingerprint density at radius 3 is 3.33 bits per heavy atom. The van der Waals surface area contributed by atoms with Gasteiger partial charge in [-0.25, -0.2) is 0 Å². The molecule has 0 amide bonds. The Labute approximate surface area is 74.5 Å². The standard InChI is InChI=1S/C10H7NS/c1-3-7-4-2-6-9-10(7)8(5-1)11-12-9/h1-4,6H,5H2. The zero-order valence-corrected chi connectivity index (χ0v) is 7.27. The lowest BCUT2D eigenvalue weighted by Gasteiger charge is -2.03. The van der Waals surface area contributed by atoms with Crippen molar-refractivity contribution in [3.8, 4) is 0 Å².